The van der Waals surface area contributed by atoms with Crippen LogP contribution in [0.3, 0.4) is 0 Å². The Kier molecular flexibility index (Phi) is 6.75. The van der Waals surface area contributed by atoms with Crippen LogP contribution in [0.2, 0.25) is 0 Å². The van der Waals surface area contributed by atoms with Gasteiger partial charge < -0.3 is 15.4 Å². The molecule has 5 nitrogen and oxygen atoms in total. The number of carbonyl (C=O) groups excluding carboxylic acids is 2. The van der Waals surface area contributed by atoms with E-state index in [1.165, 1.54) is 18.2 Å². The van der Waals surface area contributed by atoms with Gasteiger partial charge in [-0.3, -0.25) is 9.59 Å². The van der Waals surface area contributed by atoms with E-state index in [-0.39, 0.29) is 17.8 Å². The van der Waals surface area contributed by atoms with Gasteiger partial charge in [-0.15, -0.1) is 0 Å². The average molecular weight is 410 g/mol. The highest BCUT2D eigenvalue weighted by Crippen LogP contribution is 2.19. The standard InChI is InChI=1S/C23H20F2N2O3/c1-2-30-16-12-10-15(11-13-16)14-26-22(28)17-6-3-4-9-20(17)27-23(29)21-18(24)7-5-8-19(21)25/h3-13H,2,14H2,1H3,(H,26,28)(H,27,29). The van der Waals surface area contributed by atoms with Gasteiger partial charge in [-0.05, 0) is 48.9 Å². The van der Waals surface area contributed by atoms with E-state index in [1.807, 2.05) is 31.2 Å². The number of benzene rings is 3. The smallest absolute Gasteiger partial charge is 0.261 e. The lowest BCUT2D eigenvalue weighted by Crippen LogP contribution is -2.25. The number of halogens is 2. The molecule has 0 bridgehead atoms. The third kappa shape index (κ3) is 5.00. The summed E-state index contributed by atoms with van der Waals surface area (Å²) in [4.78, 5) is 25.0. The Morgan fingerprint density at radius 1 is 0.867 bits per heavy atom. The van der Waals surface area contributed by atoms with E-state index < -0.39 is 29.0 Å². The molecule has 0 saturated heterocycles. The minimum Gasteiger partial charge on any atom is -0.494 e. The van der Waals surface area contributed by atoms with Crippen molar-refractivity contribution in [3.63, 3.8) is 0 Å². The second-order valence-corrected chi connectivity index (χ2v) is 6.36. The maximum absolute atomic E-state index is 13.9. The third-order valence-corrected chi connectivity index (χ3v) is 4.30. The third-order valence-electron chi connectivity index (χ3n) is 4.30. The minimum absolute atomic E-state index is 0.148. The van der Waals surface area contributed by atoms with Crippen molar-refractivity contribution in [3.8, 4) is 5.75 Å². The van der Waals surface area contributed by atoms with Crippen LogP contribution in [0.15, 0.2) is 66.7 Å². The summed E-state index contributed by atoms with van der Waals surface area (Å²) in [5.41, 5.74) is 0.478. The molecular formula is C23H20F2N2O3. The molecule has 154 valence electrons. The number of para-hydroxylation sites is 1. The van der Waals surface area contributed by atoms with Gasteiger partial charge in [0, 0.05) is 6.54 Å². The maximum atomic E-state index is 13.9. The van der Waals surface area contributed by atoms with Crippen molar-refractivity contribution in [3.05, 3.63) is 95.1 Å². The van der Waals surface area contributed by atoms with E-state index in [0.717, 1.165) is 23.4 Å². The fraction of sp³-hybridized carbons (Fsp3) is 0.130. The van der Waals surface area contributed by atoms with Crippen molar-refractivity contribution < 1.29 is 23.1 Å². The van der Waals surface area contributed by atoms with Crippen molar-refractivity contribution in [1.29, 1.82) is 0 Å². The number of rotatable bonds is 7. The molecule has 0 fully saturated rings. The summed E-state index contributed by atoms with van der Waals surface area (Å²) in [5, 5.41) is 5.18. The second-order valence-electron chi connectivity index (χ2n) is 6.36. The van der Waals surface area contributed by atoms with Crippen molar-refractivity contribution in [1.82, 2.24) is 5.32 Å². The predicted molar refractivity (Wildman–Crippen MR) is 110 cm³/mol. The highest BCUT2D eigenvalue weighted by atomic mass is 19.1. The van der Waals surface area contributed by atoms with Crippen LogP contribution in [0, 0.1) is 11.6 Å². The molecule has 2 amide bonds. The fourth-order valence-electron chi connectivity index (χ4n) is 2.84. The summed E-state index contributed by atoms with van der Waals surface area (Å²) in [7, 11) is 0. The molecule has 0 saturated carbocycles. The van der Waals surface area contributed by atoms with Crippen LogP contribution < -0.4 is 15.4 Å². The van der Waals surface area contributed by atoms with E-state index >= 15 is 0 Å². The lowest BCUT2D eigenvalue weighted by molar-refractivity contribution is 0.0952. The second kappa shape index (κ2) is 9.65. The molecule has 2 N–H and O–H groups in total. The van der Waals surface area contributed by atoms with Crippen LogP contribution in [0.4, 0.5) is 14.5 Å². The van der Waals surface area contributed by atoms with Gasteiger partial charge in [-0.1, -0.05) is 30.3 Å². The Bertz CT molecular complexity index is 1030. The van der Waals surface area contributed by atoms with Gasteiger partial charge in [0.15, 0.2) is 0 Å². The highest BCUT2D eigenvalue weighted by Gasteiger charge is 2.19. The Balaban J connectivity index is 1.71. The summed E-state index contributed by atoms with van der Waals surface area (Å²) >= 11 is 0. The first kappa shape index (κ1) is 21.0. The largest absolute Gasteiger partial charge is 0.494 e. The first-order chi connectivity index (χ1) is 14.5. The number of hydrogen-bond donors (Lipinski definition) is 2. The molecule has 0 spiro atoms. The van der Waals surface area contributed by atoms with Crippen LogP contribution in [-0.2, 0) is 6.54 Å². The molecule has 3 aromatic rings. The predicted octanol–water partition coefficient (Wildman–Crippen LogP) is 4.55. The lowest BCUT2D eigenvalue weighted by Gasteiger charge is -2.12. The van der Waals surface area contributed by atoms with Gasteiger partial charge in [0.2, 0.25) is 0 Å². The Hall–Kier alpha value is -3.74. The molecule has 7 heteroatoms. The Morgan fingerprint density at radius 3 is 2.20 bits per heavy atom. The van der Waals surface area contributed by atoms with Crippen LogP contribution in [-0.4, -0.2) is 18.4 Å². The summed E-state index contributed by atoms with van der Waals surface area (Å²) in [6.45, 7) is 2.72. The van der Waals surface area contributed by atoms with Gasteiger partial charge in [0.1, 0.15) is 22.9 Å². The number of carbonyl (C=O) groups is 2. The van der Waals surface area contributed by atoms with Crippen LogP contribution in [0.5, 0.6) is 5.75 Å². The Labute approximate surface area is 172 Å². The van der Waals surface area contributed by atoms with E-state index in [4.69, 9.17) is 4.74 Å². The van der Waals surface area contributed by atoms with Gasteiger partial charge >= 0.3 is 0 Å². The Morgan fingerprint density at radius 2 is 1.53 bits per heavy atom. The van der Waals surface area contributed by atoms with E-state index in [9.17, 15) is 18.4 Å². The quantitative estimate of drug-likeness (QED) is 0.601. The van der Waals surface area contributed by atoms with Crippen molar-refractivity contribution >= 4 is 17.5 Å². The number of anilines is 1. The zero-order chi connectivity index (χ0) is 21.5. The van der Waals surface area contributed by atoms with Gasteiger partial charge in [0.25, 0.3) is 11.8 Å². The molecule has 3 rings (SSSR count). The summed E-state index contributed by atoms with van der Waals surface area (Å²) in [6.07, 6.45) is 0. The number of ether oxygens (including phenoxy) is 1. The number of nitrogens with one attached hydrogen (secondary N) is 2. The van der Waals surface area contributed by atoms with E-state index in [1.54, 1.807) is 12.1 Å². The molecule has 0 aliphatic rings. The highest BCUT2D eigenvalue weighted by molar-refractivity contribution is 6.09. The van der Waals surface area contributed by atoms with Crippen LogP contribution in [0.1, 0.15) is 33.2 Å². The molecule has 0 aromatic heterocycles. The van der Waals surface area contributed by atoms with Gasteiger partial charge in [-0.25, -0.2) is 8.78 Å². The molecule has 3 aromatic carbocycles. The summed E-state index contributed by atoms with van der Waals surface area (Å²) < 4.78 is 33.1. The lowest BCUT2D eigenvalue weighted by atomic mass is 10.1. The van der Waals surface area contributed by atoms with Crippen LogP contribution >= 0.6 is 0 Å². The first-order valence-electron chi connectivity index (χ1n) is 9.34. The number of hydrogen-bond acceptors (Lipinski definition) is 3. The van der Waals surface area contributed by atoms with Crippen LogP contribution in [0.25, 0.3) is 0 Å². The molecule has 0 unspecified atom stereocenters. The molecule has 0 aliphatic carbocycles. The van der Waals surface area contributed by atoms with Crippen molar-refractivity contribution in [2.24, 2.45) is 0 Å². The molecule has 0 atom stereocenters. The zero-order valence-electron chi connectivity index (χ0n) is 16.2. The normalized spacial score (nSPS) is 10.4. The molecule has 0 radical (unpaired) electrons. The summed E-state index contributed by atoms with van der Waals surface area (Å²) in [6, 6.07) is 16.7. The minimum atomic E-state index is -0.982. The maximum Gasteiger partial charge on any atom is 0.261 e. The molecular weight excluding hydrogens is 390 g/mol. The molecule has 0 aliphatic heterocycles. The van der Waals surface area contributed by atoms with Gasteiger partial charge in [0.05, 0.1) is 17.9 Å². The average Bonchev–Trinajstić information content (AvgIpc) is 2.73. The number of amides is 2. The van der Waals surface area contributed by atoms with Crippen molar-refractivity contribution in [2.45, 2.75) is 13.5 Å². The topological polar surface area (TPSA) is 67.4 Å². The first-order valence-corrected chi connectivity index (χ1v) is 9.34. The van der Waals surface area contributed by atoms with Crippen molar-refractivity contribution in [2.75, 3.05) is 11.9 Å². The van der Waals surface area contributed by atoms with E-state index in [2.05, 4.69) is 10.6 Å². The summed E-state index contributed by atoms with van der Waals surface area (Å²) in [5.74, 6) is -2.64. The van der Waals surface area contributed by atoms with Gasteiger partial charge in [-0.2, -0.15) is 0 Å². The van der Waals surface area contributed by atoms with E-state index in [0.29, 0.717) is 6.61 Å². The monoisotopic (exact) mass is 410 g/mol. The molecule has 0 heterocycles. The fourth-order valence-corrected chi connectivity index (χ4v) is 2.84. The molecule has 30 heavy (non-hydrogen) atoms. The zero-order valence-corrected chi connectivity index (χ0v) is 16.2. The SMILES string of the molecule is CCOc1ccc(CNC(=O)c2ccccc2NC(=O)c2c(F)cccc2F)cc1.